The van der Waals surface area contributed by atoms with Crippen LogP contribution < -0.4 is 10.2 Å². The van der Waals surface area contributed by atoms with E-state index in [2.05, 4.69) is 53.1 Å². The van der Waals surface area contributed by atoms with Gasteiger partial charge in [0.15, 0.2) is 0 Å². The van der Waals surface area contributed by atoms with E-state index in [1.165, 1.54) is 5.56 Å². The number of anilines is 2. The molecule has 0 spiro atoms. The van der Waals surface area contributed by atoms with Gasteiger partial charge in [-0.05, 0) is 23.1 Å². The molecule has 3 rings (SSSR count). The SMILES string of the molecule is CC(C)(C)c1ccc(NC(=O)N2CCN(c3cnccn3)CC2)cc1. The molecule has 1 aromatic heterocycles. The highest BCUT2D eigenvalue weighted by atomic mass is 16.2. The van der Waals surface area contributed by atoms with Crippen LogP contribution in [0.5, 0.6) is 0 Å². The van der Waals surface area contributed by atoms with Crippen LogP contribution in [-0.2, 0) is 5.41 Å². The van der Waals surface area contributed by atoms with Gasteiger partial charge in [0.05, 0.1) is 6.20 Å². The zero-order chi connectivity index (χ0) is 17.9. The molecule has 2 heterocycles. The van der Waals surface area contributed by atoms with Gasteiger partial charge in [-0.25, -0.2) is 9.78 Å². The second kappa shape index (κ2) is 7.09. The van der Waals surface area contributed by atoms with Crippen LogP contribution in [0.15, 0.2) is 42.9 Å². The molecular weight excluding hydrogens is 314 g/mol. The average Bonchev–Trinajstić information content (AvgIpc) is 2.62. The number of hydrogen-bond donors (Lipinski definition) is 1. The van der Waals surface area contributed by atoms with Crippen LogP contribution in [0.1, 0.15) is 26.3 Å². The lowest BCUT2D eigenvalue weighted by molar-refractivity contribution is 0.208. The topological polar surface area (TPSA) is 61.4 Å². The molecular formula is C19H25N5O. The molecule has 0 atom stereocenters. The average molecular weight is 339 g/mol. The van der Waals surface area contributed by atoms with E-state index >= 15 is 0 Å². The fourth-order valence-corrected chi connectivity index (χ4v) is 2.85. The fourth-order valence-electron chi connectivity index (χ4n) is 2.85. The second-order valence-electron chi connectivity index (χ2n) is 7.30. The van der Waals surface area contributed by atoms with Crippen molar-refractivity contribution >= 4 is 17.5 Å². The molecule has 2 amide bonds. The Labute approximate surface area is 148 Å². The summed E-state index contributed by atoms with van der Waals surface area (Å²) < 4.78 is 0. The number of rotatable bonds is 2. The summed E-state index contributed by atoms with van der Waals surface area (Å²) in [6.07, 6.45) is 5.11. The van der Waals surface area contributed by atoms with Crippen molar-refractivity contribution in [3.63, 3.8) is 0 Å². The first-order chi connectivity index (χ1) is 11.9. The maximum atomic E-state index is 12.5. The number of carbonyl (C=O) groups is 1. The maximum Gasteiger partial charge on any atom is 0.321 e. The number of nitrogens with zero attached hydrogens (tertiary/aromatic N) is 4. The van der Waals surface area contributed by atoms with E-state index in [4.69, 9.17) is 0 Å². The first-order valence-electron chi connectivity index (χ1n) is 8.61. The molecule has 0 aliphatic carbocycles. The van der Waals surface area contributed by atoms with Crippen molar-refractivity contribution in [1.82, 2.24) is 14.9 Å². The lowest BCUT2D eigenvalue weighted by Crippen LogP contribution is -2.50. The molecule has 0 saturated carbocycles. The van der Waals surface area contributed by atoms with Gasteiger partial charge in [-0.3, -0.25) is 4.98 Å². The third kappa shape index (κ3) is 4.26. The zero-order valence-corrected chi connectivity index (χ0v) is 15.1. The highest BCUT2D eigenvalue weighted by Gasteiger charge is 2.22. The van der Waals surface area contributed by atoms with E-state index in [1.54, 1.807) is 18.6 Å². The molecule has 0 radical (unpaired) electrons. The van der Waals surface area contributed by atoms with Gasteiger partial charge in [0.2, 0.25) is 0 Å². The normalized spacial score (nSPS) is 15.2. The van der Waals surface area contributed by atoms with Crippen molar-refractivity contribution in [2.45, 2.75) is 26.2 Å². The molecule has 6 nitrogen and oxygen atoms in total. The Balaban J connectivity index is 1.54. The Hall–Kier alpha value is -2.63. The number of nitrogens with one attached hydrogen (secondary N) is 1. The molecule has 1 saturated heterocycles. The minimum atomic E-state index is -0.0534. The van der Waals surface area contributed by atoms with E-state index in [9.17, 15) is 4.79 Å². The lowest BCUT2D eigenvalue weighted by atomic mass is 9.87. The van der Waals surface area contributed by atoms with Crippen molar-refractivity contribution < 1.29 is 4.79 Å². The minimum Gasteiger partial charge on any atom is -0.352 e. The zero-order valence-electron chi connectivity index (χ0n) is 15.1. The Morgan fingerprint density at radius 3 is 2.28 bits per heavy atom. The summed E-state index contributed by atoms with van der Waals surface area (Å²) in [5.74, 6) is 0.861. The summed E-state index contributed by atoms with van der Waals surface area (Å²) in [7, 11) is 0. The van der Waals surface area contributed by atoms with E-state index in [-0.39, 0.29) is 11.4 Å². The summed E-state index contributed by atoms with van der Waals surface area (Å²) in [5, 5.41) is 2.99. The van der Waals surface area contributed by atoms with Crippen LogP contribution in [0.25, 0.3) is 0 Å². The second-order valence-corrected chi connectivity index (χ2v) is 7.30. The van der Waals surface area contributed by atoms with Crippen LogP contribution in [-0.4, -0.2) is 47.1 Å². The first kappa shape index (κ1) is 17.2. The number of aromatic nitrogens is 2. The van der Waals surface area contributed by atoms with Gasteiger partial charge in [-0.15, -0.1) is 0 Å². The van der Waals surface area contributed by atoms with E-state index < -0.39 is 0 Å². The minimum absolute atomic E-state index is 0.0534. The summed E-state index contributed by atoms with van der Waals surface area (Å²) in [4.78, 5) is 24.9. The molecule has 132 valence electrons. The van der Waals surface area contributed by atoms with Crippen molar-refractivity contribution in [1.29, 1.82) is 0 Å². The van der Waals surface area contributed by atoms with Crippen LogP contribution in [0.3, 0.4) is 0 Å². The summed E-state index contributed by atoms with van der Waals surface area (Å²) in [5.41, 5.74) is 2.19. The van der Waals surface area contributed by atoms with E-state index in [0.717, 1.165) is 24.6 Å². The molecule has 1 aromatic carbocycles. The molecule has 6 heteroatoms. The van der Waals surface area contributed by atoms with Crippen LogP contribution in [0, 0.1) is 0 Å². The quantitative estimate of drug-likeness (QED) is 0.913. The summed E-state index contributed by atoms with van der Waals surface area (Å²) in [6, 6.07) is 8.02. The molecule has 1 fully saturated rings. The number of piperazine rings is 1. The molecule has 0 unspecified atom stereocenters. The van der Waals surface area contributed by atoms with Crippen LogP contribution in [0.4, 0.5) is 16.3 Å². The fraction of sp³-hybridized carbons (Fsp3) is 0.421. The van der Waals surface area contributed by atoms with Crippen molar-refractivity contribution in [3.8, 4) is 0 Å². The number of hydrogen-bond acceptors (Lipinski definition) is 4. The van der Waals surface area contributed by atoms with Gasteiger partial charge < -0.3 is 15.1 Å². The molecule has 1 aliphatic rings. The number of urea groups is 1. The van der Waals surface area contributed by atoms with Gasteiger partial charge in [0.1, 0.15) is 5.82 Å². The monoisotopic (exact) mass is 339 g/mol. The number of benzene rings is 1. The maximum absolute atomic E-state index is 12.5. The lowest BCUT2D eigenvalue weighted by Gasteiger charge is -2.35. The Morgan fingerprint density at radius 1 is 1.04 bits per heavy atom. The van der Waals surface area contributed by atoms with Crippen molar-refractivity contribution in [2.75, 3.05) is 36.4 Å². The Bertz CT molecular complexity index is 701. The van der Waals surface area contributed by atoms with Gasteiger partial charge in [0.25, 0.3) is 0 Å². The van der Waals surface area contributed by atoms with E-state index in [1.807, 2.05) is 17.0 Å². The Kier molecular flexibility index (Phi) is 4.88. The molecule has 1 aliphatic heterocycles. The summed E-state index contributed by atoms with van der Waals surface area (Å²) >= 11 is 0. The third-order valence-corrected chi connectivity index (χ3v) is 4.44. The highest BCUT2D eigenvalue weighted by Crippen LogP contribution is 2.23. The summed E-state index contributed by atoms with van der Waals surface area (Å²) in [6.45, 7) is 9.39. The highest BCUT2D eigenvalue weighted by molar-refractivity contribution is 5.89. The molecule has 0 bridgehead atoms. The largest absolute Gasteiger partial charge is 0.352 e. The van der Waals surface area contributed by atoms with Crippen LogP contribution >= 0.6 is 0 Å². The Morgan fingerprint density at radius 2 is 1.72 bits per heavy atom. The van der Waals surface area contributed by atoms with Crippen molar-refractivity contribution in [2.24, 2.45) is 0 Å². The molecule has 1 N–H and O–H groups in total. The molecule has 2 aromatic rings. The molecule has 25 heavy (non-hydrogen) atoms. The number of amides is 2. The smallest absolute Gasteiger partial charge is 0.321 e. The third-order valence-electron chi connectivity index (χ3n) is 4.44. The standard InChI is InChI=1S/C19H25N5O/c1-19(2,3)15-4-6-16(7-5-15)22-18(25)24-12-10-23(11-13-24)17-14-20-8-9-21-17/h4-9,14H,10-13H2,1-3H3,(H,22,25). The van der Waals surface area contributed by atoms with Crippen LogP contribution in [0.2, 0.25) is 0 Å². The first-order valence-corrected chi connectivity index (χ1v) is 8.61. The predicted molar refractivity (Wildman–Crippen MR) is 100.0 cm³/mol. The van der Waals surface area contributed by atoms with E-state index in [0.29, 0.717) is 13.1 Å². The number of carbonyl (C=O) groups excluding carboxylic acids is 1. The van der Waals surface area contributed by atoms with Gasteiger partial charge in [0, 0.05) is 44.3 Å². The predicted octanol–water partition coefficient (Wildman–Crippen LogP) is 3.13. The van der Waals surface area contributed by atoms with Crippen molar-refractivity contribution in [3.05, 3.63) is 48.4 Å². The van der Waals surface area contributed by atoms with Gasteiger partial charge in [-0.2, -0.15) is 0 Å². The van der Waals surface area contributed by atoms with Gasteiger partial charge in [-0.1, -0.05) is 32.9 Å². The van der Waals surface area contributed by atoms with Gasteiger partial charge >= 0.3 is 6.03 Å².